The molecule has 2 atom stereocenters. The molecule has 1 aliphatic heterocycles. The van der Waals surface area contributed by atoms with Gasteiger partial charge in [-0.25, -0.2) is 14.8 Å². The Hall–Kier alpha value is -2.80. The van der Waals surface area contributed by atoms with Crippen molar-refractivity contribution < 1.29 is 19.4 Å². The number of ether oxygens (including phenoxy) is 1. The van der Waals surface area contributed by atoms with Crippen molar-refractivity contribution in [2.24, 2.45) is 0 Å². The summed E-state index contributed by atoms with van der Waals surface area (Å²) in [4.78, 5) is 32.0. The summed E-state index contributed by atoms with van der Waals surface area (Å²) < 4.78 is 5.66. The lowest BCUT2D eigenvalue weighted by Crippen LogP contribution is -2.59. The van der Waals surface area contributed by atoms with Gasteiger partial charge in [-0.05, 0) is 18.4 Å². The molecule has 1 amide bonds. The van der Waals surface area contributed by atoms with Gasteiger partial charge in [-0.15, -0.1) is 0 Å². The summed E-state index contributed by atoms with van der Waals surface area (Å²) in [6, 6.07) is 9.77. The van der Waals surface area contributed by atoms with Gasteiger partial charge in [-0.1, -0.05) is 30.3 Å². The van der Waals surface area contributed by atoms with E-state index in [-0.39, 0.29) is 18.6 Å². The minimum atomic E-state index is -1.44. The highest BCUT2D eigenvalue weighted by Crippen LogP contribution is 2.30. The topological polar surface area (TPSA) is 101 Å². The Morgan fingerprint density at radius 3 is 2.64 bits per heavy atom. The summed E-state index contributed by atoms with van der Waals surface area (Å²) in [5.74, 6) is -1.61. The van der Waals surface area contributed by atoms with Gasteiger partial charge in [-0.3, -0.25) is 4.79 Å². The van der Waals surface area contributed by atoms with E-state index in [9.17, 15) is 14.7 Å². The number of hydrogen-bond donors (Lipinski definition) is 2. The van der Waals surface area contributed by atoms with Crippen molar-refractivity contribution >= 4 is 11.9 Å². The number of hydrogen-bond acceptors (Lipinski definition) is 5. The quantitative estimate of drug-likeness (QED) is 0.825. The van der Waals surface area contributed by atoms with E-state index in [4.69, 9.17) is 4.74 Å². The first-order chi connectivity index (χ1) is 12.1. The van der Waals surface area contributed by atoms with Crippen molar-refractivity contribution in [1.29, 1.82) is 0 Å². The third-order valence-corrected chi connectivity index (χ3v) is 4.44. The molecule has 0 radical (unpaired) electrons. The van der Waals surface area contributed by atoms with Crippen LogP contribution in [-0.4, -0.2) is 45.2 Å². The summed E-state index contributed by atoms with van der Waals surface area (Å²) in [6.45, 7) is 0.289. The molecule has 25 heavy (non-hydrogen) atoms. The zero-order valence-electron chi connectivity index (χ0n) is 13.6. The molecule has 130 valence electrons. The number of aliphatic carboxylic acids is 1. The number of benzene rings is 1. The van der Waals surface area contributed by atoms with E-state index in [1.54, 1.807) is 0 Å². The molecule has 2 unspecified atom stereocenters. The van der Waals surface area contributed by atoms with Gasteiger partial charge in [-0.2, -0.15) is 0 Å². The fraction of sp³-hybridized carbons (Fsp3) is 0.333. The third kappa shape index (κ3) is 3.66. The number of carbonyl (C=O) groups excluding carboxylic acids is 1. The van der Waals surface area contributed by atoms with Crippen LogP contribution in [0.3, 0.4) is 0 Å². The Bertz CT molecular complexity index is 739. The second kappa shape index (κ2) is 7.40. The molecule has 1 aromatic heterocycles. The molecule has 0 bridgehead atoms. The molecule has 0 saturated carbocycles. The van der Waals surface area contributed by atoms with E-state index >= 15 is 0 Å². The van der Waals surface area contributed by atoms with Crippen molar-refractivity contribution in [2.75, 3.05) is 6.61 Å². The molecule has 0 spiro atoms. The first-order valence-corrected chi connectivity index (χ1v) is 8.08. The fourth-order valence-corrected chi connectivity index (χ4v) is 3.07. The molecule has 1 saturated heterocycles. The van der Waals surface area contributed by atoms with Crippen LogP contribution in [-0.2, 0) is 16.0 Å². The van der Waals surface area contributed by atoms with Gasteiger partial charge in [0.2, 0.25) is 0 Å². The average Bonchev–Trinajstić information content (AvgIpc) is 3.05. The molecule has 0 aliphatic carbocycles. The second-order valence-electron chi connectivity index (χ2n) is 5.99. The number of amides is 1. The SMILES string of the molecule is O=C(NC1(C(=O)O)CCOC1CCc1ccccc1)c1cncnc1. The first-order valence-electron chi connectivity index (χ1n) is 8.08. The van der Waals surface area contributed by atoms with Gasteiger partial charge in [0.1, 0.15) is 6.33 Å². The Balaban J connectivity index is 1.75. The number of aryl methyl sites for hydroxylation is 1. The summed E-state index contributed by atoms with van der Waals surface area (Å²) in [5.41, 5.74) is -0.126. The molecule has 1 aliphatic rings. The first kappa shape index (κ1) is 17.0. The van der Waals surface area contributed by atoms with Crippen LogP contribution in [0.4, 0.5) is 0 Å². The maximum atomic E-state index is 12.4. The number of carbonyl (C=O) groups is 2. The minimum absolute atomic E-state index is 0.219. The van der Waals surface area contributed by atoms with Crippen LogP contribution in [0.1, 0.15) is 28.8 Å². The van der Waals surface area contributed by atoms with E-state index in [0.717, 1.165) is 5.56 Å². The Morgan fingerprint density at radius 2 is 1.96 bits per heavy atom. The molecule has 1 aromatic carbocycles. The molecule has 3 rings (SSSR count). The van der Waals surface area contributed by atoms with Crippen LogP contribution in [0.25, 0.3) is 0 Å². The van der Waals surface area contributed by atoms with Crippen LogP contribution in [0.15, 0.2) is 49.1 Å². The van der Waals surface area contributed by atoms with Gasteiger partial charge in [0.25, 0.3) is 5.91 Å². The zero-order chi connectivity index (χ0) is 17.7. The van der Waals surface area contributed by atoms with E-state index in [2.05, 4.69) is 15.3 Å². The predicted octanol–water partition coefficient (Wildman–Crippen LogP) is 1.45. The van der Waals surface area contributed by atoms with Gasteiger partial charge in [0.05, 0.1) is 18.3 Å². The number of carboxylic acid groups (broad SMARTS) is 1. The smallest absolute Gasteiger partial charge is 0.332 e. The van der Waals surface area contributed by atoms with Gasteiger partial charge < -0.3 is 15.2 Å². The minimum Gasteiger partial charge on any atom is -0.479 e. The van der Waals surface area contributed by atoms with E-state index < -0.39 is 23.5 Å². The number of nitrogens with one attached hydrogen (secondary N) is 1. The fourth-order valence-electron chi connectivity index (χ4n) is 3.07. The van der Waals surface area contributed by atoms with Crippen molar-refractivity contribution in [2.45, 2.75) is 30.9 Å². The Morgan fingerprint density at radius 1 is 1.24 bits per heavy atom. The van der Waals surface area contributed by atoms with Crippen molar-refractivity contribution in [1.82, 2.24) is 15.3 Å². The number of nitrogens with zero attached hydrogens (tertiary/aromatic N) is 2. The highest BCUT2D eigenvalue weighted by Gasteiger charge is 2.51. The number of rotatable bonds is 6. The lowest BCUT2D eigenvalue weighted by atomic mass is 9.87. The maximum Gasteiger partial charge on any atom is 0.332 e. The number of carboxylic acids is 1. The van der Waals surface area contributed by atoms with Crippen LogP contribution in [0.2, 0.25) is 0 Å². The second-order valence-corrected chi connectivity index (χ2v) is 5.99. The summed E-state index contributed by atoms with van der Waals surface area (Å²) in [5, 5.41) is 12.5. The van der Waals surface area contributed by atoms with E-state index in [0.29, 0.717) is 12.8 Å². The van der Waals surface area contributed by atoms with Crippen LogP contribution in [0.5, 0.6) is 0 Å². The molecular formula is C18H19N3O4. The highest BCUT2D eigenvalue weighted by atomic mass is 16.5. The largest absolute Gasteiger partial charge is 0.479 e. The molecule has 2 N–H and O–H groups in total. The van der Waals surface area contributed by atoms with Gasteiger partial charge in [0, 0.05) is 18.8 Å². The monoisotopic (exact) mass is 341 g/mol. The Labute approximate surface area is 145 Å². The van der Waals surface area contributed by atoms with Crippen molar-refractivity contribution in [3.8, 4) is 0 Å². The molecule has 7 heteroatoms. The maximum absolute atomic E-state index is 12.4. The normalized spacial score (nSPS) is 22.5. The molecular weight excluding hydrogens is 322 g/mol. The van der Waals surface area contributed by atoms with Crippen LogP contribution < -0.4 is 5.32 Å². The van der Waals surface area contributed by atoms with E-state index in [1.165, 1.54) is 18.7 Å². The third-order valence-electron chi connectivity index (χ3n) is 4.44. The van der Waals surface area contributed by atoms with Crippen LogP contribution >= 0.6 is 0 Å². The van der Waals surface area contributed by atoms with Crippen molar-refractivity contribution in [3.05, 3.63) is 60.2 Å². The molecule has 7 nitrogen and oxygen atoms in total. The molecule has 2 heterocycles. The predicted molar refractivity (Wildman–Crippen MR) is 89.0 cm³/mol. The van der Waals surface area contributed by atoms with E-state index in [1.807, 2.05) is 30.3 Å². The summed E-state index contributed by atoms with van der Waals surface area (Å²) in [7, 11) is 0. The van der Waals surface area contributed by atoms with Gasteiger partial charge in [0.15, 0.2) is 5.54 Å². The highest BCUT2D eigenvalue weighted by molar-refractivity contribution is 5.97. The molecule has 1 fully saturated rings. The average molecular weight is 341 g/mol. The zero-order valence-corrected chi connectivity index (χ0v) is 13.6. The van der Waals surface area contributed by atoms with Crippen molar-refractivity contribution in [3.63, 3.8) is 0 Å². The Kier molecular flexibility index (Phi) is 5.04. The summed E-state index contributed by atoms with van der Waals surface area (Å²) in [6.07, 6.45) is 4.82. The standard InChI is InChI=1S/C18H19N3O4/c22-16(14-10-19-12-20-11-14)21-18(17(23)24)8-9-25-15(18)7-6-13-4-2-1-3-5-13/h1-5,10-12,15H,6-9H2,(H,21,22)(H,23,24). The lowest BCUT2D eigenvalue weighted by molar-refractivity contribution is -0.147. The van der Waals surface area contributed by atoms with Gasteiger partial charge >= 0.3 is 5.97 Å². The summed E-state index contributed by atoms with van der Waals surface area (Å²) >= 11 is 0. The van der Waals surface area contributed by atoms with Crippen LogP contribution in [0, 0.1) is 0 Å². The lowest BCUT2D eigenvalue weighted by Gasteiger charge is -2.30. The molecule has 2 aromatic rings. The number of aromatic nitrogens is 2.